The number of halogens is 2. The van der Waals surface area contributed by atoms with E-state index in [9.17, 15) is 13.6 Å². The van der Waals surface area contributed by atoms with Gasteiger partial charge in [0.2, 0.25) is 0 Å². The van der Waals surface area contributed by atoms with Crippen LogP contribution in [0.5, 0.6) is 0 Å². The smallest absolute Gasteiger partial charge is 0.254 e. The second-order valence-electron chi connectivity index (χ2n) is 6.46. The summed E-state index contributed by atoms with van der Waals surface area (Å²) in [5, 5.41) is 0. The van der Waals surface area contributed by atoms with E-state index in [0.717, 1.165) is 44.6 Å². The van der Waals surface area contributed by atoms with E-state index in [1.807, 2.05) is 0 Å². The van der Waals surface area contributed by atoms with Gasteiger partial charge in [-0.1, -0.05) is 0 Å². The lowest BCUT2D eigenvalue weighted by molar-refractivity contribution is 0.0672. The summed E-state index contributed by atoms with van der Waals surface area (Å²) in [7, 11) is 1.78. The summed E-state index contributed by atoms with van der Waals surface area (Å²) < 4.78 is 26.4. The maximum absolute atomic E-state index is 13.3. The predicted octanol–water partition coefficient (Wildman–Crippen LogP) is 2.91. The number of hydrogen-bond acceptors (Lipinski definition) is 2. The van der Waals surface area contributed by atoms with Gasteiger partial charge in [0.15, 0.2) is 11.6 Å². The highest BCUT2D eigenvalue weighted by Gasteiger charge is 2.37. The molecule has 0 bridgehead atoms. The quantitative estimate of drug-likeness (QED) is 0.835. The highest BCUT2D eigenvalue weighted by Crippen LogP contribution is 2.36. The number of likely N-dealkylation sites (N-methyl/N-ethyl adjacent to an activating group) is 1. The molecular weight excluding hydrogens is 286 g/mol. The van der Waals surface area contributed by atoms with Gasteiger partial charge in [-0.15, -0.1) is 0 Å². The minimum Gasteiger partial charge on any atom is -0.337 e. The van der Waals surface area contributed by atoms with Gasteiger partial charge in [0.25, 0.3) is 5.91 Å². The van der Waals surface area contributed by atoms with Crippen LogP contribution >= 0.6 is 0 Å². The number of carbonyl (C=O) groups is 1. The molecule has 1 aliphatic heterocycles. The minimum absolute atomic E-state index is 0.165. The van der Waals surface area contributed by atoms with Crippen LogP contribution in [0.3, 0.4) is 0 Å². The van der Waals surface area contributed by atoms with E-state index in [1.54, 1.807) is 11.9 Å². The molecule has 1 aromatic rings. The second-order valence-corrected chi connectivity index (χ2v) is 6.46. The van der Waals surface area contributed by atoms with Gasteiger partial charge in [0.05, 0.1) is 0 Å². The zero-order chi connectivity index (χ0) is 15.7. The number of benzene rings is 1. The van der Waals surface area contributed by atoms with Crippen LogP contribution in [0.4, 0.5) is 8.78 Å². The summed E-state index contributed by atoms with van der Waals surface area (Å²) in [6.45, 7) is 3.07. The molecule has 5 heteroatoms. The van der Waals surface area contributed by atoms with Crippen molar-refractivity contribution in [1.82, 2.24) is 9.80 Å². The number of carbonyl (C=O) groups excluding carboxylic acids is 1. The highest BCUT2D eigenvalue weighted by molar-refractivity contribution is 5.94. The third kappa shape index (κ3) is 3.29. The Kier molecular flexibility index (Phi) is 4.43. The minimum atomic E-state index is -0.971. The van der Waals surface area contributed by atoms with E-state index >= 15 is 0 Å². The molecule has 2 fully saturated rings. The number of nitrogens with zero attached hydrogens (tertiary/aromatic N) is 2. The van der Waals surface area contributed by atoms with Crippen LogP contribution in [-0.4, -0.2) is 48.4 Å². The van der Waals surface area contributed by atoms with Gasteiger partial charge >= 0.3 is 0 Å². The molecule has 3 nitrogen and oxygen atoms in total. The van der Waals surface area contributed by atoms with E-state index < -0.39 is 11.6 Å². The van der Waals surface area contributed by atoms with Crippen molar-refractivity contribution in [2.75, 3.05) is 26.7 Å². The third-order valence-electron chi connectivity index (χ3n) is 4.79. The molecule has 120 valence electrons. The van der Waals surface area contributed by atoms with Crippen molar-refractivity contribution >= 4 is 5.91 Å². The van der Waals surface area contributed by atoms with Crippen LogP contribution in [0.2, 0.25) is 0 Å². The summed E-state index contributed by atoms with van der Waals surface area (Å²) in [4.78, 5) is 16.7. The number of likely N-dealkylation sites (tertiary alicyclic amines) is 1. The molecule has 1 aliphatic carbocycles. The summed E-state index contributed by atoms with van der Waals surface area (Å²) >= 11 is 0. The largest absolute Gasteiger partial charge is 0.337 e. The topological polar surface area (TPSA) is 23.6 Å². The molecule has 2 aliphatic rings. The molecular formula is C17H22F2N2O. The molecule has 0 aromatic heterocycles. The van der Waals surface area contributed by atoms with Crippen LogP contribution in [0, 0.1) is 17.6 Å². The van der Waals surface area contributed by atoms with Gasteiger partial charge in [0, 0.05) is 25.2 Å². The van der Waals surface area contributed by atoms with Gasteiger partial charge < -0.3 is 9.80 Å². The first-order chi connectivity index (χ1) is 10.6. The summed E-state index contributed by atoms with van der Waals surface area (Å²) in [5.41, 5.74) is 0.216. The highest BCUT2D eigenvalue weighted by atomic mass is 19.2. The Balaban J connectivity index is 1.72. The van der Waals surface area contributed by atoms with Crippen molar-refractivity contribution in [3.05, 3.63) is 35.4 Å². The Hall–Kier alpha value is -1.49. The molecule has 22 heavy (non-hydrogen) atoms. The van der Waals surface area contributed by atoms with Crippen LogP contribution in [-0.2, 0) is 0 Å². The van der Waals surface area contributed by atoms with E-state index in [2.05, 4.69) is 4.90 Å². The molecule has 1 saturated heterocycles. The van der Waals surface area contributed by atoms with Crippen molar-refractivity contribution in [3.63, 3.8) is 0 Å². The first-order valence-corrected chi connectivity index (χ1v) is 8.01. The molecule has 3 rings (SSSR count). The fourth-order valence-corrected chi connectivity index (χ4v) is 3.28. The average Bonchev–Trinajstić information content (AvgIpc) is 3.22. The molecule has 1 aromatic carbocycles. The summed E-state index contributed by atoms with van der Waals surface area (Å²) in [5.74, 6) is -1.58. The van der Waals surface area contributed by atoms with Crippen LogP contribution in [0.15, 0.2) is 18.2 Å². The van der Waals surface area contributed by atoms with E-state index in [0.29, 0.717) is 5.92 Å². The Morgan fingerprint density at radius 1 is 1.27 bits per heavy atom. The summed E-state index contributed by atoms with van der Waals surface area (Å²) in [6.07, 6.45) is 4.73. The monoisotopic (exact) mass is 308 g/mol. The maximum atomic E-state index is 13.3. The van der Waals surface area contributed by atoms with Crippen LogP contribution < -0.4 is 0 Å². The van der Waals surface area contributed by atoms with Gasteiger partial charge in [-0.05, 0) is 62.9 Å². The number of amides is 1. The zero-order valence-corrected chi connectivity index (χ0v) is 12.9. The van der Waals surface area contributed by atoms with E-state index in [-0.39, 0.29) is 17.5 Å². The summed E-state index contributed by atoms with van der Waals surface area (Å²) in [6, 6.07) is 3.53. The molecule has 0 N–H and O–H groups in total. The van der Waals surface area contributed by atoms with Crippen molar-refractivity contribution in [1.29, 1.82) is 0 Å². The van der Waals surface area contributed by atoms with Gasteiger partial charge in [-0.3, -0.25) is 4.79 Å². The fraction of sp³-hybridized carbons (Fsp3) is 0.588. The number of hydrogen-bond donors (Lipinski definition) is 0. The van der Waals surface area contributed by atoms with Crippen molar-refractivity contribution in [3.8, 4) is 0 Å². The normalized spacial score (nSPS) is 20.1. The zero-order valence-electron chi connectivity index (χ0n) is 12.9. The Bertz CT molecular complexity index is 554. The van der Waals surface area contributed by atoms with Gasteiger partial charge in [0.1, 0.15) is 0 Å². The molecule has 1 saturated carbocycles. The third-order valence-corrected chi connectivity index (χ3v) is 4.79. The maximum Gasteiger partial charge on any atom is 0.254 e. The van der Waals surface area contributed by atoms with Crippen LogP contribution in [0.1, 0.15) is 36.0 Å². The SMILES string of the molecule is CN(C(=O)c1ccc(F)c(F)c1)C(CN1CCCC1)C1CC1. The molecule has 1 heterocycles. The second kappa shape index (κ2) is 6.32. The van der Waals surface area contributed by atoms with Gasteiger partial charge in [-0.2, -0.15) is 0 Å². The Morgan fingerprint density at radius 3 is 2.55 bits per heavy atom. The van der Waals surface area contributed by atoms with Crippen molar-refractivity contribution in [2.24, 2.45) is 5.92 Å². The average molecular weight is 308 g/mol. The molecule has 1 amide bonds. The first kappa shape index (κ1) is 15.4. The number of rotatable bonds is 5. The lowest BCUT2D eigenvalue weighted by atomic mass is 10.1. The molecule has 1 atom stereocenters. The first-order valence-electron chi connectivity index (χ1n) is 8.01. The predicted molar refractivity (Wildman–Crippen MR) is 80.6 cm³/mol. The van der Waals surface area contributed by atoms with E-state index in [4.69, 9.17) is 0 Å². The lowest BCUT2D eigenvalue weighted by Crippen LogP contribution is -2.45. The molecule has 0 spiro atoms. The van der Waals surface area contributed by atoms with Crippen LogP contribution in [0.25, 0.3) is 0 Å². The molecule has 0 radical (unpaired) electrons. The van der Waals surface area contributed by atoms with Crippen molar-refractivity contribution < 1.29 is 13.6 Å². The van der Waals surface area contributed by atoms with E-state index in [1.165, 1.54) is 18.9 Å². The lowest BCUT2D eigenvalue weighted by Gasteiger charge is -2.32. The Morgan fingerprint density at radius 2 is 1.95 bits per heavy atom. The van der Waals surface area contributed by atoms with Gasteiger partial charge in [-0.25, -0.2) is 8.78 Å². The standard InChI is InChI=1S/C17H22F2N2O/c1-20(17(22)13-6-7-14(18)15(19)10-13)16(12-4-5-12)11-21-8-2-3-9-21/h6-7,10,12,16H,2-5,8-9,11H2,1H3. The fourth-order valence-electron chi connectivity index (χ4n) is 3.28. The van der Waals surface area contributed by atoms with Crippen molar-refractivity contribution in [2.45, 2.75) is 31.7 Å². The molecule has 1 unspecified atom stereocenters. The Labute approximate surface area is 129 Å².